The highest BCUT2D eigenvalue weighted by Gasteiger charge is 2.45. The molecule has 0 bridgehead atoms. The number of benzene rings is 4. The zero-order chi connectivity index (χ0) is 36.0. The van der Waals surface area contributed by atoms with Crippen LogP contribution in [0.15, 0.2) is 115 Å². The monoisotopic (exact) mass is 658 g/mol. The largest absolute Gasteiger partial charge is 0.481 e. The van der Waals surface area contributed by atoms with Gasteiger partial charge in [0.15, 0.2) is 0 Å². The molecule has 1 N–H and O–H groups in total. The summed E-state index contributed by atoms with van der Waals surface area (Å²) in [6.45, 7) is 18.6. The molecule has 3 unspecified atom stereocenters. The lowest BCUT2D eigenvalue weighted by atomic mass is 9.62. The maximum Gasteiger partial charge on any atom is 0.314 e. The lowest BCUT2D eigenvalue weighted by Gasteiger charge is -2.42. The minimum atomic E-state index is -0.795. The number of ether oxygens (including phenoxy) is 1. The molecule has 0 aliphatic heterocycles. The number of carboxylic acids is 1. The van der Waals surface area contributed by atoms with Gasteiger partial charge in [-0.15, -0.1) is 0 Å². The third kappa shape index (κ3) is 9.59. The van der Waals surface area contributed by atoms with Crippen molar-refractivity contribution < 1.29 is 19.4 Å². The average molecular weight is 659 g/mol. The number of carbonyl (C=O) groups is 2. The van der Waals surface area contributed by atoms with Crippen LogP contribution in [0.2, 0.25) is 0 Å². The number of aliphatic carboxylic acids is 1. The van der Waals surface area contributed by atoms with Gasteiger partial charge in [-0.3, -0.25) is 9.59 Å². The van der Waals surface area contributed by atoms with Crippen LogP contribution in [0.25, 0.3) is 11.1 Å². The fraction of sp³-hybridized carbons (Fsp3) is 0.378. The summed E-state index contributed by atoms with van der Waals surface area (Å²) in [5.74, 6) is -1.58. The molecule has 4 heteroatoms. The van der Waals surface area contributed by atoms with Gasteiger partial charge in [0.25, 0.3) is 0 Å². The van der Waals surface area contributed by atoms with Gasteiger partial charge in [-0.1, -0.05) is 165 Å². The second kappa shape index (κ2) is 15.4. The van der Waals surface area contributed by atoms with Crippen molar-refractivity contribution in [3.05, 3.63) is 138 Å². The molecule has 0 aliphatic carbocycles. The minimum absolute atomic E-state index is 0.0388. The van der Waals surface area contributed by atoms with Crippen molar-refractivity contribution in [2.45, 2.75) is 75.2 Å². The quantitative estimate of drug-likeness (QED) is 0.0934. The molecule has 0 heterocycles. The third-order valence-corrected chi connectivity index (χ3v) is 10.0. The second-order valence-electron chi connectivity index (χ2n) is 16.3. The molecule has 0 fully saturated rings. The van der Waals surface area contributed by atoms with Gasteiger partial charge >= 0.3 is 11.9 Å². The zero-order valence-corrected chi connectivity index (χ0v) is 30.8. The van der Waals surface area contributed by atoms with Crippen molar-refractivity contribution in [2.24, 2.45) is 34.0 Å². The van der Waals surface area contributed by atoms with Crippen molar-refractivity contribution in [1.82, 2.24) is 0 Å². The van der Waals surface area contributed by atoms with Crippen LogP contribution in [0.5, 0.6) is 5.75 Å². The third-order valence-electron chi connectivity index (χ3n) is 10.0. The Morgan fingerprint density at radius 3 is 1.33 bits per heavy atom. The first-order valence-corrected chi connectivity index (χ1v) is 17.4. The first kappa shape index (κ1) is 37.4. The van der Waals surface area contributed by atoms with E-state index in [1.165, 1.54) is 0 Å². The van der Waals surface area contributed by atoms with Crippen molar-refractivity contribution in [3.63, 3.8) is 0 Å². The molecule has 0 aliphatic rings. The fourth-order valence-electron chi connectivity index (χ4n) is 6.69. The molecule has 4 rings (SSSR count). The maximum absolute atomic E-state index is 14.1. The van der Waals surface area contributed by atoms with Crippen LogP contribution < -0.4 is 4.74 Å². The summed E-state index contributed by atoms with van der Waals surface area (Å²) >= 11 is 0. The highest BCUT2D eigenvalue weighted by molar-refractivity contribution is 6.04. The van der Waals surface area contributed by atoms with E-state index in [1.54, 1.807) is 0 Å². The SMILES string of the molecule is CC(CC(C(=O)O)C(C)(C)C)C(C)(C)C(CC(C)(C)C)C(=O)Oc1ccc(C(=C(c2ccccc2)c2ccccc2)c2ccccc2)cc1. The van der Waals surface area contributed by atoms with Gasteiger partial charge in [-0.05, 0) is 80.5 Å². The summed E-state index contributed by atoms with van der Waals surface area (Å²) in [6.07, 6.45) is 1.10. The first-order valence-electron chi connectivity index (χ1n) is 17.4. The van der Waals surface area contributed by atoms with E-state index < -0.39 is 28.6 Å². The molecule has 4 aromatic carbocycles. The van der Waals surface area contributed by atoms with E-state index in [0.717, 1.165) is 33.4 Å². The zero-order valence-electron chi connectivity index (χ0n) is 30.8. The Labute approximate surface area is 294 Å². The van der Waals surface area contributed by atoms with Crippen molar-refractivity contribution in [3.8, 4) is 5.75 Å². The summed E-state index contributed by atoms with van der Waals surface area (Å²) in [5.41, 5.74) is 5.49. The van der Waals surface area contributed by atoms with Gasteiger partial charge in [0.1, 0.15) is 5.75 Å². The molecule has 0 aromatic heterocycles. The molecule has 0 amide bonds. The molecular formula is C45H54O4. The van der Waals surface area contributed by atoms with Gasteiger partial charge in [0.05, 0.1) is 11.8 Å². The molecule has 3 atom stereocenters. The molecule has 0 radical (unpaired) electrons. The molecular weight excluding hydrogens is 604 g/mol. The van der Waals surface area contributed by atoms with Crippen LogP contribution >= 0.6 is 0 Å². The normalized spacial score (nSPS) is 14.0. The van der Waals surface area contributed by atoms with Gasteiger partial charge in [-0.25, -0.2) is 0 Å². The van der Waals surface area contributed by atoms with E-state index in [2.05, 4.69) is 114 Å². The van der Waals surface area contributed by atoms with Crippen LogP contribution in [0.1, 0.15) is 97.4 Å². The molecule has 0 saturated heterocycles. The number of rotatable bonds is 12. The maximum atomic E-state index is 14.1. The fourth-order valence-corrected chi connectivity index (χ4v) is 6.69. The van der Waals surface area contributed by atoms with Gasteiger partial charge < -0.3 is 9.84 Å². The highest BCUT2D eigenvalue weighted by atomic mass is 16.5. The molecule has 258 valence electrons. The Bertz CT molecular complexity index is 1660. The lowest BCUT2D eigenvalue weighted by Crippen LogP contribution is -2.42. The first-order chi connectivity index (χ1) is 23.0. The predicted octanol–water partition coefficient (Wildman–Crippen LogP) is 11.5. The highest BCUT2D eigenvalue weighted by Crippen LogP contribution is 2.46. The van der Waals surface area contributed by atoms with Gasteiger partial charge in [-0.2, -0.15) is 0 Å². The van der Waals surface area contributed by atoms with Gasteiger partial charge in [0.2, 0.25) is 0 Å². The molecule has 4 nitrogen and oxygen atoms in total. The molecule has 0 spiro atoms. The van der Waals surface area contributed by atoms with Crippen molar-refractivity contribution in [2.75, 3.05) is 0 Å². The summed E-state index contributed by atoms with van der Waals surface area (Å²) in [7, 11) is 0. The number of carboxylic acid groups (broad SMARTS) is 1. The number of carbonyl (C=O) groups excluding carboxylic acids is 1. The average Bonchev–Trinajstić information content (AvgIpc) is 3.05. The Morgan fingerprint density at radius 2 is 0.980 bits per heavy atom. The minimum Gasteiger partial charge on any atom is -0.481 e. The van der Waals surface area contributed by atoms with Crippen LogP contribution in [-0.2, 0) is 9.59 Å². The molecule has 4 aromatic rings. The summed E-state index contributed by atoms with van der Waals surface area (Å²) in [6, 6.07) is 39.1. The van der Waals surface area contributed by atoms with Crippen LogP contribution in [0, 0.1) is 34.0 Å². The lowest BCUT2D eigenvalue weighted by molar-refractivity contribution is -0.149. The van der Waals surface area contributed by atoms with Crippen LogP contribution in [-0.4, -0.2) is 17.0 Å². The number of hydrogen-bond donors (Lipinski definition) is 1. The predicted molar refractivity (Wildman–Crippen MR) is 202 cm³/mol. The molecule has 0 saturated carbocycles. The Morgan fingerprint density at radius 1 is 0.592 bits per heavy atom. The summed E-state index contributed by atoms with van der Waals surface area (Å²) < 4.78 is 6.18. The van der Waals surface area contributed by atoms with E-state index in [0.29, 0.717) is 18.6 Å². The van der Waals surface area contributed by atoms with E-state index in [-0.39, 0.29) is 17.3 Å². The number of esters is 1. The topological polar surface area (TPSA) is 63.6 Å². The Hall–Kier alpha value is -4.44. The Kier molecular flexibility index (Phi) is 11.8. The van der Waals surface area contributed by atoms with E-state index in [9.17, 15) is 14.7 Å². The molecule has 49 heavy (non-hydrogen) atoms. The smallest absolute Gasteiger partial charge is 0.314 e. The standard InChI is InChI=1S/C45H54O4/c1-31(29-37(41(46)47)44(5,6)7)45(8,9)38(30-43(2,3)4)42(48)49-36-27-25-35(26-28-36)40(34-23-17-12-18-24-34)39(32-19-13-10-14-20-32)33-21-15-11-16-22-33/h10-28,31,37-38H,29-30H2,1-9H3,(H,46,47). The summed E-state index contributed by atoms with van der Waals surface area (Å²) in [5, 5.41) is 10.1. The van der Waals surface area contributed by atoms with E-state index in [4.69, 9.17) is 4.74 Å². The van der Waals surface area contributed by atoms with Crippen molar-refractivity contribution in [1.29, 1.82) is 0 Å². The second-order valence-corrected chi connectivity index (χ2v) is 16.3. The summed E-state index contributed by atoms with van der Waals surface area (Å²) in [4.78, 5) is 26.4. The van der Waals surface area contributed by atoms with Gasteiger partial charge in [0, 0.05) is 0 Å². The van der Waals surface area contributed by atoms with Crippen LogP contribution in [0.4, 0.5) is 0 Å². The Balaban J connectivity index is 1.72. The van der Waals surface area contributed by atoms with Crippen LogP contribution in [0.3, 0.4) is 0 Å². The van der Waals surface area contributed by atoms with E-state index >= 15 is 0 Å². The van der Waals surface area contributed by atoms with Crippen molar-refractivity contribution >= 4 is 23.1 Å². The van der Waals surface area contributed by atoms with E-state index in [1.807, 2.05) is 63.2 Å². The number of hydrogen-bond acceptors (Lipinski definition) is 3.